The Labute approximate surface area is 119 Å². The number of nitrogens with one attached hydrogen (secondary N) is 2. The molecule has 0 spiro atoms. The van der Waals surface area contributed by atoms with Gasteiger partial charge < -0.3 is 10.6 Å². The van der Waals surface area contributed by atoms with E-state index in [1.54, 1.807) is 12.1 Å². The Morgan fingerprint density at radius 3 is 2.85 bits per heavy atom. The van der Waals surface area contributed by atoms with Crippen molar-refractivity contribution in [3.05, 3.63) is 30.1 Å². The fraction of sp³-hybridized carbons (Fsp3) is 0.533. The quantitative estimate of drug-likeness (QED) is 0.884. The second kappa shape index (κ2) is 7.36. The lowest BCUT2D eigenvalue weighted by Gasteiger charge is -2.26. The zero-order valence-corrected chi connectivity index (χ0v) is 11.9. The van der Waals surface area contributed by atoms with Crippen molar-refractivity contribution < 1.29 is 9.18 Å². The van der Waals surface area contributed by atoms with Crippen LogP contribution in [-0.2, 0) is 4.79 Å². The molecule has 1 heterocycles. The summed E-state index contributed by atoms with van der Waals surface area (Å²) in [5.41, 5.74) is 0.632. The molecule has 2 N–H and O–H groups in total. The summed E-state index contributed by atoms with van der Waals surface area (Å²) in [5.74, 6) is -0.359. The maximum atomic E-state index is 12.8. The van der Waals surface area contributed by atoms with Crippen LogP contribution < -0.4 is 10.6 Å². The summed E-state index contributed by atoms with van der Waals surface area (Å²) in [6.45, 7) is 2.43. The molecule has 0 aromatic heterocycles. The number of amides is 1. The lowest BCUT2D eigenvalue weighted by atomic mass is 10.1. The number of carbonyl (C=O) groups excluding carboxylic acids is 1. The smallest absolute Gasteiger partial charge is 0.238 e. The second-order valence-electron chi connectivity index (χ2n) is 5.30. The average molecular weight is 279 g/mol. The van der Waals surface area contributed by atoms with Gasteiger partial charge in [0, 0.05) is 11.7 Å². The van der Waals surface area contributed by atoms with E-state index in [0.717, 1.165) is 32.4 Å². The first-order valence-corrected chi connectivity index (χ1v) is 7.11. The molecule has 0 aliphatic carbocycles. The van der Waals surface area contributed by atoms with Crippen molar-refractivity contribution >= 4 is 11.6 Å². The van der Waals surface area contributed by atoms with E-state index in [0.29, 0.717) is 18.3 Å². The minimum Gasteiger partial charge on any atom is -0.325 e. The van der Waals surface area contributed by atoms with Crippen molar-refractivity contribution in [3.63, 3.8) is 0 Å². The minimum absolute atomic E-state index is 0.0590. The predicted molar refractivity (Wildman–Crippen MR) is 78.2 cm³/mol. The van der Waals surface area contributed by atoms with E-state index in [2.05, 4.69) is 15.5 Å². The Balaban J connectivity index is 1.82. The normalized spacial score (nSPS) is 19.6. The molecule has 20 heavy (non-hydrogen) atoms. The molecule has 1 aromatic rings. The van der Waals surface area contributed by atoms with E-state index in [1.165, 1.54) is 12.1 Å². The molecule has 1 unspecified atom stereocenters. The SMILES string of the molecule is CN(CC(=O)Nc1ccc(F)cc1)C1CCCNCC1. The van der Waals surface area contributed by atoms with Crippen LogP contribution in [0.3, 0.4) is 0 Å². The molecule has 4 nitrogen and oxygen atoms in total. The van der Waals surface area contributed by atoms with Gasteiger partial charge in [-0.05, 0) is 63.7 Å². The molecule has 2 rings (SSSR count). The van der Waals surface area contributed by atoms with Crippen LogP contribution in [0, 0.1) is 5.82 Å². The Morgan fingerprint density at radius 1 is 1.35 bits per heavy atom. The fourth-order valence-electron chi connectivity index (χ4n) is 2.53. The van der Waals surface area contributed by atoms with E-state index in [9.17, 15) is 9.18 Å². The number of halogens is 1. The van der Waals surface area contributed by atoms with Gasteiger partial charge in [-0.15, -0.1) is 0 Å². The summed E-state index contributed by atoms with van der Waals surface area (Å²) in [6, 6.07) is 6.28. The standard InChI is InChI=1S/C15H22FN3O/c1-19(14-3-2-9-17-10-8-14)11-15(20)18-13-6-4-12(16)5-7-13/h4-7,14,17H,2-3,8-11H2,1H3,(H,18,20). The number of carbonyl (C=O) groups is 1. The van der Waals surface area contributed by atoms with Crippen LogP contribution in [0.25, 0.3) is 0 Å². The Bertz CT molecular complexity index is 427. The van der Waals surface area contributed by atoms with Gasteiger partial charge in [0.05, 0.1) is 6.54 Å². The van der Waals surface area contributed by atoms with E-state index < -0.39 is 0 Å². The van der Waals surface area contributed by atoms with Gasteiger partial charge in [0.1, 0.15) is 5.82 Å². The van der Waals surface area contributed by atoms with Gasteiger partial charge in [-0.2, -0.15) is 0 Å². The molecule has 0 saturated carbocycles. The number of hydrogen-bond donors (Lipinski definition) is 2. The topological polar surface area (TPSA) is 44.4 Å². The van der Waals surface area contributed by atoms with Gasteiger partial charge >= 0.3 is 0 Å². The molecule has 1 saturated heterocycles. The number of likely N-dealkylation sites (N-methyl/N-ethyl adjacent to an activating group) is 1. The summed E-state index contributed by atoms with van der Waals surface area (Å²) in [5, 5.41) is 6.16. The fourth-order valence-corrected chi connectivity index (χ4v) is 2.53. The molecule has 1 aromatic carbocycles. The van der Waals surface area contributed by atoms with Crippen molar-refractivity contribution in [2.75, 3.05) is 32.0 Å². The molecule has 110 valence electrons. The third-order valence-electron chi connectivity index (χ3n) is 3.69. The van der Waals surface area contributed by atoms with Gasteiger partial charge in [-0.3, -0.25) is 9.69 Å². The van der Waals surface area contributed by atoms with Crippen molar-refractivity contribution in [1.29, 1.82) is 0 Å². The van der Waals surface area contributed by atoms with E-state index >= 15 is 0 Å². The number of benzene rings is 1. The van der Waals surface area contributed by atoms with Crippen LogP contribution >= 0.6 is 0 Å². The largest absolute Gasteiger partial charge is 0.325 e. The van der Waals surface area contributed by atoms with Crippen LogP contribution in [0.2, 0.25) is 0 Å². The molecule has 1 fully saturated rings. The van der Waals surface area contributed by atoms with Crippen LogP contribution in [0.15, 0.2) is 24.3 Å². The minimum atomic E-state index is -0.300. The third-order valence-corrected chi connectivity index (χ3v) is 3.69. The van der Waals surface area contributed by atoms with Crippen molar-refractivity contribution in [3.8, 4) is 0 Å². The molecule has 0 radical (unpaired) electrons. The summed E-state index contributed by atoms with van der Waals surface area (Å²) in [4.78, 5) is 14.1. The molecule has 0 bridgehead atoms. The lowest BCUT2D eigenvalue weighted by molar-refractivity contribution is -0.117. The van der Waals surface area contributed by atoms with Gasteiger partial charge in [0.2, 0.25) is 5.91 Å². The van der Waals surface area contributed by atoms with Crippen molar-refractivity contribution in [2.45, 2.75) is 25.3 Å². The first-order valence-electron chi connectivity index (χ1n) is 7.11. The number of anilines is 1. The second-order valence-corrected chi connectivity index (χ2v) is 5.30. The third kappa shape index (κ3) is 4.58. The zero-order chi connectivity index (χ0) is 14.4. The Morgan fingerprint density at radius 2 is 2.10 bits per heavy atom. The van der Waals surface area contributed by atoms with Crippen molar-refractivity contribution in [2.24, 2.45) is 0 Å². The number of rotatable bonds is 4. The predicted octanol–water partition coefficient (Wildman–Crippen LogP) is 1.84. The van der Waals surface area contributed by atoms with Crippen LogP contribution in [0.5, 0.6) is 0 Å². The highest BCUT2D eigenvalue weighted by atomic mass is 19.1. The van der Waals surface area contributed by atoms with E-state index in [1.807, 2.05) is 7.05 Å². The van der Waals surface area contributed by atoms with Crippen LogP contribution in [0.1, 0.15) is 19.3 Å². The van der Waals surface area contributed by atoms with Crippen LogP contribution in [-0.4, -0.2) is 43.5 Å². The van der Waals surface area contributed by atoms with Crippen molar-refractivity contribution in [1.82, 2.24) is 10.2 Å². The highest BCUT2D eigenvalue weighted by Gasteiger charge is 2.18. The average Bonchev–Trinajstić information content (AvgIpc) is 2.70. The highest BCUT2D eigenvalue weighted by Crippen LogP contribution is 2.12. The molecule has 1 aliphatic rings. The van der Waals surface area contributed by atoms with Gasteiger partial charge in [-0.25, -0.2) is 4.39 Å². The molecule has 5 heteroatoms. The monoisotopic (exact) mass is 279 g/mol. The molecular formula is C15H22FN3O. The lowest BCUT2D eigenvalue weighted by Crippen LogP contribution is -2.38. The first-order chi connectivity index (χ1) is 9.65. The van der Waals surface area contributed by atoms with Gasteiger partial charge in [0.15, 0.2) is 0 Å². The number of nitrogens with zero attached hydrogens (tertiary/aromatic N) is 1. The summed E-state index contributed by atoms with van der Waals surface area (Å²) >= 11 is 0. The number of hydrogen-bond acceptors (Lipinski definition) is 3. The zero-order valence-electron chi connectivity index (χ0n) is 11.9. The van der Waals surface area contributed by atoms with E-state index in [-0.39, 0.29) is 11.7 Å². The molecule has 1 aliphatic heterocycles. The Hall–Kier alpha value is -1.46. The maximum Gasteiger partial charge on any atom is 0.238 e. The molecular weight excluding hydrogens is 257 g/mol. The summed E-state index contributed by atoms with van der Waals surface area (Å²) in [6.07, 6.45) is 3.34. The van der Waals surface area contributed by atoms with Gasteiger partial charge in [0.25, 0.3) is 0 Å². The highest BCUT2D eigenvalue weighted by molar-refractivity contribution is 5.92. The maximum absolute atomic E-state index is 12.8. The molecule has 1 amide bonds. The molecule has 1 atom stereocenters. The Kier molecular flexibility index (Phi) is 5.49. The van der Waals surface area contributed by atoms with E-state index in [4.69, 9.17) is 0 Å². The summed E-state index contributed by atoms with van der Waals surface area (Å²) in [7, 11) is 1.99. The first kappa shape index (κ1) is 14.9. The summed E-state index contributed by atoms with van der Waals surface area (Å²) < 4.78 is 12.8. The van der Waals surface area contributed by atoms with Crippen LogP contribution in [0.4, 0.5) is 10.1 Å². The van der Waals surface area contributed by atoms with Gasteiger partial charge in [-0.1, -0.05) is 0 Å².